The molecule has 0 spiro atoms. The van der Waals surface area contributed by atoms with Crippen LogP contribution in [0.5, 0.6) is 5.75 Å². The maximum atomic E-state index is 13.4. The smallest absolute Gasteiger partial charge is 0.266 e. The van der Waals surface area contributed by atoms with Gasteiger partial charge in [0.25, 0.3) is 5.56 Å². The topological polar surface area (TPSA) is 73.2 Å². The van der Waals surface area contributed by atoms with Crippen LogP contribution < -0.4 is 15.6 Å². The number of para-hydroxylation sites is 3. The van der Waals surface area contributed by atoms with E-state index in [1.54, 1.807) is 10.6 Å². The quantitative estimate of drug-likeness (QED) is 0.441. The normalized spacial score (nSPS) is 14.5. The molecule has 0 bridgehead atoms. The summed E-state index contributed by atoms with van der Waals surface area (Å²) >= 11 is 1.26. The number of nitrogens with zero attached hydrogens (tertiary/aromatic N) is 2. The molecule has 30 heavy (non-hydrogen) atoms. The van der Waals surface area contributed by atoms with Crippen molar-refractivity contribution in [1.82, 2.24) is 14.9 Å². The summed E-state index contributed by atoms with van der Waals surface area (Å²) in [5.74, 6) is 1.34. The Bertz CT molecular complexity index is 1120. The van der Waals surface area contributed by atoms with Crippen LogP contribution in [0.2, 0.25) is 0 Å². The average molecular weight is 424 g/mol. The molecule has 1 fully saturated rings. The fourth-order valence-corrected chi connectivity index (χ4v) is 4.30. The average Bonchev–Trinajstić information content (AvgIpc) is 3.59. The Morgan fingerprint density at radius 3 is 2.73 bits per heavy atom. The van der Waals surface area contributed by atoms with Crippen molar-refractivity contribution >= 4 is 28.6 Å². The first kappa shape index (κ1) is 20.5. The van der Waals surface area contributed by atoms with Gasteiger partial charge in [-0.1, -0.05) is 36.0 Å². The fourth-order valence-electron chi connectivity index (χ4n) is 3.48. The number of aromatic nitrogens is 2. The van der Waals surface area contributed by atoms with E-state index in [-0.39, 0.29) is 23.3 Å². The molecular formula is C23H25N3O3S. The van der Waals surface area contributed by atoms with E-state index < -0.39 is 0 Å². The van der Waals surface area contributed by atoms with Crippen LogP contribution in [0.4, 0.5) is 0 Å². The molecule has 1 amide bonds. The Morgan fingerprint density at radius 1 is 1.23 bits per heavy atom. The summed E-state index contributed by atoms with van der Waals surface area (Å²) in [5, 5.41) is 4.06. The molecule has 1 N–H and O–H groups in total. The molecule has 0 aliphatic heterocycles. The van der Waals surface area contributed by atoms with Crippen molar-refractivity contribution in [1.29, 1.82) is 0 Å². The number of hydrogen-bond donors (Lipinski definition) is 1. The number of amides is 1. The van der Waals surface area contributed by atoms with Crippen molar-refractivity contribution < 1.29 is 9.53 Å². The van der Waals surface area contributed by atoms with E-state index >= 15 is 0 Å². The molecule has 2 aromatic carbocycles. The zero-order valence-corrected chi connectivity index (χ0v) is 17.9. The van der Waals surface area contributed by atoms with Crippen molar-refractivity contribution in [2.75, 3.05) is 12.4 Å². The number of nitrogens with one attached hydrogen (secondary N) is 1. The molecule has 1 aliphatic carbocycles. The number of ether oxygens (including phenoxy) is 1. The van der Waals surface area contributed by atoms with Crippen molar-refractivity contribution in [3.05, 3.63) is 58.9 Å². The van der Waals surface area contributed by atoms with Gasteiger partial charge in [-0.2, -0.15) is 0 Å². The van der Waals surface area contributed by atoms with Crippen molar-refractivity contribution in [3.63, 3.8) is 0 Å². The van der Waals surface area contributed by atoms with Crippen LogP contribution in [-0.2, 0) is 4.79 Å². The fraction of sp³-hybridized carbons (Fsp3) is 0.348. The molecule has 0 unspecified atom stereocenters. The lowest BCUT2D eigenvalue weighted by molar-refractivity contribution is -0.119. The minimum absolute atomic E-state index is 0.0496. The summed E-state index contributed by atoms with van der Waals surface area (Å²) in [7, 11) is 0. The van der Waals surface area contributed by atoms with Gasteiger partial charge in [-0.3, -0.25) is 14.2 Å². The lowest BCUT2D eigenvalue weighted by Crippen LogP contribution is -2.35. The van der Waals surface area contributed by atoms with E-state index in [1.165, 1.54) is 24.6 Å². The zero-order chi connectivity index (χ0) is 21.1. The van der Waals surface area contributed by atoms with Crippen molar-refractivity contribution in [3.8, 4) is 11.4 Å². The molecule has 4 rings (SSSR count). The van der Waals surface area contributed by atoms with Gasteiger partial charge < -0.3 is 10.1 Å². The van der Waals surface area contributed by atoms with E-state index in [1.807, 2.05) is 56.3 Å². The lowest BCUT2D eigenvalue weighted by atomic mass is 10.2. The summed E-state index contributed by atoms with van der Waals surface area (Å²) in [6.45, 7) is 4.43. The first-order valence-electron chi connectivity index (χ1n) is 10.2. The second-order valence-electron chi connectivity index (χ2n) is 7.44. The number of benzene rings is 2. The van der Waals surface area contributed by atoms with Gasteiger partial charge in [0, 0.05) is 6.04 Å². The van der Waals surface area contributed by atoms with Crippen LogP contribution in [-0.4, -0.2) is 33.9 Å². The van der Waals surface area contributed by atoms with E-state index in [2.05, 4.69) is 5.32 Å². The number of hydrogen-bond acceptors (Lipinski definition) is 5. The summed E-state index contributed by atoms with van der Waals surface area (Å²) in [5.41, 5.74) is 1.06. The monoisotopic (exact) mass is 423 g/mol. The van der Waals surface area contributed by atoms with Crippen LogP contribution in [0.1, 0.15) is 26.7 Å². The Balaban J connectivity index is 1.72. The Labute approximate surface area is 179 Å². The highest BCUT2D eigenvalue weighted by molar-refractivity contribution is 7.99. The summed E-state index contributed by atoms with van der Waals surface area (Å²) < 4.78 is 7.30. The van der Waals surface area contributed by atoms with Gasteiger partial charge in [0.05, 0.1) is 29.0 Å². The minimum atomic E-state index is -0.179. The predicted molar refractivity (Wildman–Crippen MR) is 120 cm³/mol. The molecule has 7 heteroatoms. The van der Waals surface area contributed by atoms with Gasteiger partial charge in [0.2, 0.25) is 5.91 Å². The number of thioether (sulfide) groups is 1. The maximum absolute atomic E-state index is 13.4. The first-order valence-corrected chi connectivity index (χ1v) is 11.2. The summed E-state index contributed by atoms with van der Waals surface area (Å²) in [6.07, 6.45) is 2.35. The number of fused-ring (bicyclic) bond motifs is 1. The highest BCUT2D eigenvalue weighted by atomic mass is 32.2. The van der Waals surface area contributed by atoms with Crippen LogP contribution >= 0.6 is 11.8 Å². The highest BCUT2D eigenvalue weighted by Crippen LogP contribution is 2.32. The van der Waals surface area contributed by atoms with Gasteiger partial charge in [0.15, 0.2) is 5.16 Å². The molecule has 6 nitrogen and oxygen atoms in total. The molecular weight excluding hydrogens is 398 g/mol. The maximum Gasteiger partial charge on any atom is 0.266 e. The van der Waals surface area contributed by atoms with Crippen LogP contribution in [0.25, 0.3) is 16.6 Å². The van der Waals surface area contributed by atoms with Crippen LogP contribution in [0.3, 0.4) is 0 Å². The third-order valence-electron chi connectivity index (χ3n) is 5.20. The summed E-state index contributed by atoms with van der Waals surface area (Å²) in [4.78, 5) is 30.5. The second-order valence-corrected chi connectivity index (χ2v) is 8.38. The molecule has 1 aromatic heterocycles. The van der Waals surface area contributed by atoms with Gasteiger partial charge in [0.1, 0.15) is 5.75 Å². The molecule has 3 aromatic rings. The summed E-state index contributed by atoms with van der Waals surface area (Å²) in [6, 6.07) is 14.8. The lowest BCUT2D eigenvalue weighted by Gasteiger charge is -2.17. The molecule has 1 atom stereocenters. The van der Waals surface area contributed by atoms with Gasteiger partial charge in [-0.15, -0.1) is 0 Å². The second kappa shape index (κ2) is 8.92. The molecule has 1 aliphatic rings. The minimum Gasteiger partial charge on any atom is -0.492 e. The molecule has 1 heterocycles. The van der Waals surface area contributed by atoms with Crippen LogP contribution in [0, 0.1) is 5.92 Å². The van der Waals surface area contributed by atoms with E-state index in [9.17, 15) is 9.59 Å². The zero-order valence-electron chi connectivity index (χ0n) is 17.1. The molecule has 1 saturated carbocycles. The van der Waals surface area contributed by atoms with E-state index in [4.69, 9.17) is 9.72 Å². The third kappa shape index (κ3) is 4.36. The Morgan fingerprint density at radius 2 is 1.97 bits per heavy atom. The van der Waals surface area contributed by atoms with Crippen LogP contribution in [0.15, 0.2) is 58.5 Å². The SMILES string of the molecule is CCOc1ccccc1-n1c(SCC(=O)N[C@@H](C)C2CC2)nc2ccccc2c1=O. The van der Waals surface area contributed by atoms with Gasteiger partial charge in [-0.05, 0) is 56.9 Å². The van der Waals surface area contributed by atoms with Crippen molar-refractivity contribution in [2.45, 2.75) is 37.9 Å². The van der Waals surface area contributed by atoms with Gasteiger partial charge >= 0.3 is 0 Å². The standard InChI is InChI=1S/C23H25N3O3S/c1-3-29-20-11-7-6-10-19(20)26-22(28)17-8-4-5-9-18(17)25-23(26)30-14-21(27)24-15(2)16-12-13-16/h4-11,15-16H,3,12-14H2,1-2H3,(H,24,27)/t15-/m0/s1. The number of carbonyl (C=O) groups is 1. The Kier molecular flexibility index (Phi) is 6.08. The van der Waals surface area contributed by atoms with Gasteiger partial charge in [-0.25, -0.2) is 4.98 Å². The molecule has 156 valence electrons. The first-order chi connectivity index (χ1) is 14.6. The Hall–Kier alpha value is -2.80. The molecule has 0 saturated heterocycles. The largest absolute Gasteiger partial charge is 0.492 e. The molecule has 0 radical (unpaired) electrons. The number of rotatable bonds is 8. The van der Waals surface area contributed by atoms with Crippen molar-refractivity contribution in [2.24, 2.45) is 5.92 Å². The predicted octanol–water partition coefficient (Wildman–Crippen LogP) is 3.79. The highest BCUT2D eigenvalue weighted by Gasteiger charge is 2.29. The van der Waals surface area contributed by atoms with E-state index in [0.717, 1.165) is 0 Å². The number of carbonyl (C=O) groups excluding carboxylic acids is 1. The van der Waals surface area contributed by atoms with E-state index in [0.29, 0.717) is 40.0 Å². The third-order valence-corrected chi connectivity index (χ3v) is 6.14.